The van der Waals surface area contributed by atoms with Crippen LogP contribution in [0.2, 0.25) is 0 Å². The van der Waals surface area contributed by atoms with E-state index in [1.807, 2.05) is 0 Å². The van der Waals surface area contributed by atoms with Gasteiger partial charge in [-0.15, -0.1) is 24.8 Å². The van der Waals surface area contributed by atoms with Crippen molar-refractivity contribution in [3.63, 3.8) is 0 Å². The lowest BCUT2D eigenvalue weighted by Gasteiger charge is -2.29. The number of nitrogens with zero attached hydrogens (tertiary/aromatic N) is 2. The molecule has 6 heteroatoms. The van der Waals surface area contributed by atoms with Crippen molar-refractivity contribution in [1.82, 2.24) is 10.2 Å². The number of fused-ring (bicyclic) bond motifs is 1. The SMILES string of the molecule is COc1cccc2c1CCN(CC1=NCCN1)C2.Cl.Cl. The summed E-state index contributed by atoms with van der Waals surface area (Å²) in [6.07, 6.45) is 1.06. The molecular formula is C14H21Cl2N3O. The first kappa shape index (κ1) is 17.1. The normalized spacial score (nSPS) is 17.1. The summed E-state index contributed by atoms with van der Waals surface area (Å²) in [6.45, 7) is 4.93. The molecule has 0 aliphatic carbocycles. The van der Waals surface area contributed by atoms with E-state index in [0.717, 1.165) is 50.7 Å². The van der Waals surface area contributed by atoms with Crippen LogP contribution in [-0.2, 0) is 13.0 Å². The number of rotatable bonds is 3. The maximum atomic E-state index is 5.43. The van der Waals surface area contributed by atoms with Gasteiger partial charge in [-0.2, -0.15) is 0 Å². The highest BCUT2D eigenvalue weighted by Crippen LogP contribution is 2.27. The third-order valence-corrected chi connectivity index (χ3v) is 3.64. The van der Waals surface area contributed by atoms with Crippen LogP contribution in [0.5, 0.6) is 5.75 Å². The second-order valence-electron chi connectivity index (χ2n) is 4.81. The van der Waals surface area contributed by atoms with E-state index in [-0.39, 0.29) is 24.8 Å². The van der Waals surface area contributed by atoms with Gasteiger partial charge in [0.05, 0.1) is 20.2 Å². The molecule has 0 saturated carbocycles. The number of nitrogens with one attached hydrogen (secondary N) is 1. The average Bonchev–Trinajstić information content (AvgIpc) is 2.90. The Kier molecular flexibility index (Phi) is 6.59. The van der Waals surface area contributed by atoms with Crippen LogP contribution in [0.15, 0.2) is 23.2 Å². The maximum absolute atomic E-state index is 5.43. The minimum atomic E-state index is 0. The molecule has 0 bridgehead atoms. The number of amidine groups is 1. The van der Waals surface area contributed by atoms with E-state index in [1.165, 1.54) is 11.1 Å². The number of benzene rings is 1. The van der Waals surface area contributed by atoms with Gasteiger partial charge in [-0.25, -0.2) is 0 Å². The lowest BCUT2D eigenvalue weighted by molar-refractivity contribution is 0.284. The van der Waals surface area contributed by atoms with Crippen LogP contribution < -0.4 is 10.1 Å². The van der Waals surface area contributed by atoms with Crippen LogP contribution in [0.3, 0.4) is 0 Å². The van der Waals surface area contributed by atoms with Gasteiger partial charge in [0, 0.05) is 19.6 Å². The smallest absolute Gasteiger partial charge is 0.122 e. The highest BCUT2D eigenvalue weighted by atomic mass is 35.5. The van der Waals surface area contributed by atoms with Crippen LogP contribution in [0.25, 0.3) is 0 Å². The first-order chi connectivity index (χ1) is 8.86. The fourth-order valence-corrected chi connectivity index (χ4v) is 2.72. The van der Waals surface area contributed by atoms with E-state index >= 15 is 0 Å². The molecule has 3 rings (SSSR count). The van der Waals surface area contributed by atoms with E-state index in [1.54, 1.807) is 7.11 Å². The number of methoxy groups -OCH3 is 1. The Morgan fingerprint density at radius 1 is 1.35 bits per heavy atom. The summed E-state index contributed by atoms with van der Waals surface area (Å²) in [7, 11) is 1.75. The van der Waals surface area contributed by atoms with Crippen molar-refractivity contribution in [2.24, 2.45) is 4.99 Å². The van der Waals surface area contributed by atoms with Gasteiger partial charge in [0.25, 0.3) is 0 Å². The molecule has 2 heterocycles. The second kappa shape index (κ2) is 7.72. The minimum Gasteiger partial charge on any atom is -0.496 e. The summed E-state index contributed by atoms with van der Waals surface area (Å²) in [5.41, 5.74) is 2.76. The van der Waals surface area contributed by atoms with Crippen molar-refractivity contribution >= 4 is 30.6 Å². The van der Waals surface area contributed by atoms with Gasteiger partial charge in [-0.1, -0.05) is 12.1 Å². The van der Waals surface area contributed by atoms with Crippen LogP contribution >= 0.6 is 24.8 Å². The number of halogens is 2. The molecule has 0 saturated heterocycles. The molecule has 1 aromatic rings. The highest BCUT2D eigenvalue weighted by Gasteiger charge is 2.20. The predicted molar refractivity (Wildman–Crippen MR) is 86.8 cm³/mol. The molecule has 1 aromatic carbocycles. The Bertz CT molecular complexity index is 479. The quantitative estimate of drug-likeness (QED) is 0.925. The third kappa shape index (κ3) is 3.57. The molecular weight excluding hydrogens is 297 g/mol. The van der Waals surface area contributed by atoms with Crippen LogP contribution in [0.4, 0.5) is 0 Å². The van der Waals surface area contributed by atoms with Crippen LogP contribution in [0, 0.1) is 0 Å². The van der Waals surface area contributed by atoms with Gasteiger partial charge in [-0.05, 0) is 23.6 Å². The summed E-state index contributed by atoms with van der Waals surface area (Å²) in [5, 5.41) is 3.33. The summed E-state index contributed by atoms with van der Waals surface area (Å²) in [4.78, 5) is 6.90. The second-order valence-corrected chi connectivity index (χ2v) is 4.81. The zero-order chi connectivity index (χ0) is 12.4. The molecule has 2 aliphatic heterocycles. The molecule has 1 N–H and O–H groups in total. The van der Waals surface area contributed by atoms with Crippen LogP contribution in [0.1, 0.15) is 11.1 Å². The van der Waals surface area contributed by atoms with Crippen molar-refractivity contribution in [2.75, 3.05) is 33.3 Å². The van der Waals surface area contributed by atoms with Crippen LogP contribution in [-0.4, -0.2) is 44.0 Å². The third-order valence-electron chi connectivity index (χ3n) is 3.64. The zero-order valence-electron chi connectivity index (χ0n) is 11.6. The minimum absolute atomic E-state index is 0. The standard InChI is InChI=1S/C14H19N3O.2ClH/c1-18-13-4-2-3-11-9-17(8-5-12(11)13)10-14-15-6-7-16-14;;/h2-4H,5-10H2,1H3,(H,15,16);2*1H. The molecule has 0 aromatic heterocycles. The van der Waals surface area contributed by atoms with E-state index in [4.69, 9.17) is 4.74 Å². The molecule has 0 amide bonds. The highest BCUT2D eigenvalue weighted by molar-refractivity contribution is 5.86. The van der Waals surface area contributed by atoms with Gasteiger partial charge in [0.15, 0.2) is 0 Å². The fraction of sp³-hybridized carbons (Fsp3) is 0.500. The van der Waals surface area contributed by atoms with Crippen molar-refractivity contribution in [2.45, 2.75) is 13.0 Å². The van der Waals surface area contributed by atoms with Gasteiger partial charge < -0.3 is 10.1 Å². The van der Waals surface area contributed by atoms with Gasteiger partial charge in [0.2, 0.25) is 0 Å². The van der Waals surface area contributed by atoms with Crippen molar-refractivity contribution in [3.05, 3.63) is 29.3 Å². The monoisotopic (exact) mass is 317 g/mol. The van der Waals surface area contributed by atoms with Gasteiger partial charge >= 0.3 is 0 Å². The van der Waals surface area contributed by atoms with E-state index in [9.17, 15) is 0 Å². The fourth-order valence-electron chi connectivity index (χ4n) is 2.72. The van der Waals surface area contributed by atoms with E-state index < -0.39 is 0 Å². The molecule has 0 spiro atoms. The number of hydrogen-bond donors (Lipinski definition) is 1. The zero-order valence-corrected chi connectivity index (χ0v) is 13.2. The largest absolute Gasteiger partial charge is 0.496 e. The van der Waals surface area contributed by atoms with E-state index in [0.29, 0.717) is 0 Å². The Hall–Kier alpha value is -0.970. The Morgan fingerprint density at radius 3 is 2.90 bits per heavy atom. The number of ether oxygens (including phenoxy) is 1. The van der Waals surface area contributed by atoms with Crippen molar-refractivity contribution in [1.29, 1.82) is 0 Å². The summed E-state index contributed by atoms with van der Waals surface area (Å²) in [6, 6.07) is 6.33. The number of aliphatic imine (C=N–C) groups is 1. The molecule has 112 valence electrons. The summed E-state index contributed by atoms with van der Waals surface area (Å²) in [5.74, 6) is 2.17. The lowest BCUT2D eigenvalue weighted by Crippen LogP contribution is -2.38. The number of hydrogen-bond acceptors (Lipinski definition) is 4. The Morgan fingerprint density at radius 2 is 2.20 bits per heavy atom. The lowest BCUT2D eigenvalue weighted by atomic mass is 9.98. The van der Waals surface area contributed by atoms with Crippen molar-refractivity contribution < 1.29 is 4.74 Å². The predicted octanol–water partition coefficient (Wildman–Crippen LogP) is 1.90. The molecule has 0 fully saturated rings. The van der Waals surface area contributed by atoms with E-state index in [2.05, 4.69) is 33.4 Å². The summed E-state index contributed by atoms with van der Waals surface area (Å²) >= 11 is 0. The Labute approximate surface area is 132 Å². The molecule has 4 nitrogen and oxygen atoms in total. The topological polar surface area (TPSA) is 36.9 Å². The molecule has 0 unspecified atom stereocenters. The molecule has 2 aliphatic rings. The molecule has 0 radical (unpaired) electrons. The first-order valence-corrected chi connectivity index (χ1v) is 6.51. The maximum Gasteiger partial charge on any atom is 0.122 e. The van der Waals surface area contributed by atoms with Gasteiger partial charge in [0.1, 0.15) is 11.6 Å². The average molecular weight is 318 g/mol. The van der Waals surface area contributed by atoms with Crippen molar-refractivity contribution in [3.8, 4) is 5.75 Å². The van der Waals surface area contributed by atoms with Gasteiger partial charge in [-0.3, -0.25) is 9.89 Å². The molecule has 20 heavy (non-hydrogen) atoms. The first-order valence-electron chi connectivity index (χ1n) is 6.51. The Balaban J connectivity index is 0.000001000. The molecule has 0 atom stereocenters. The summed E-state index contributed by atoms with van der Waals surface area (Å²) < 4.78 is 5.43.